The normalized spacial score (nSPS) is 12.9. The molecule has 1 N–H and O–H groups in total. The van der Waals surface area contributed by atoms with Gasteiger partial charge in [-0.15, -0.1) is 0 Å². The second-order valence-electron chi connectivity index (χ2n) is 19.5. The molecule has 12 aromatic rings. The molecule has 0 aliphatic rings. The molecule has 1 unspecified atom stereocenters. The van der Waals surface area contributed by atoms with Crippen LogP contribution in [0.3, 0.4) is 0 Å². The van der Waals surface area contributed by atoms with E-state index < -0.39 is 0 Å². The molecule has 3 heterocycles. The van der Waals surface area contributed by atoms with Crippen LogP contribution in [0, 0.1) is 5.92 Å². The summed E-state index contributed by atoms with van der Waals surface area (Å²) in [6.07, 6.45) is 14.5. The van der Waals surface area contributed by atoms with Crippen LogP contribution in [-0.2, 0) is 0 Å². The maximum atomic E-state index is 6.49. The summed E-state index contributed by atoms with van der Waals surface area (Å²) in [6.45, 7) is 6.69. The number of allylic oxidation sites excluding steroid dienone is 5. The number of hydrogen-bond acceptors (Lipinski definition) is 2. The Hall–Kier alpha value is -9.26. The van der Waals surface area contributed by atoms with Crippen molar-refractivity contribution in [2.75, 3.05) is 13.6 Å². The largest absolute Gasteiger partial charge is 0.456 e. The number of fused-ring (bicyclic) bond motifs is 10. The monoisotopic (exact) mass is 985 g/mol. The number of aliphatic imine (C=N–C) groups is 2. The Morgan fingerprint density at radius 3 is 1.78 bits per heavy atom. The second-order valence-corrected chi connectivity index (χ2v) is 19.5. The molecule has 370 valence electrons. The number of amidine groups is 2. The average molecular weight is 986 g/mol. The van der Waals surface area contributed by atoms with Gasteiger partial charge in [-0.3, -0.25) is 4.99 Å². The van der Waals surface area contributed by atoms with E-state index in [0.717, 1.165) is 114 Å². The van der Waals surface area contributed by atoms with Crippen LogP contribution in [0.2, 0.25) is 0 Å². The predicted octanol–water partition coefficient (Wildman–Crippen LogP) is 18.0. The van der Waals surface area contributed by atoms with E-state index in [4.69, 9.17) is 14.4 Å². The van der Waals surface area contributed by atoms with Gasteiger partial charge in [-0.2, -0.15) is 0 Å². The SMILES string of the molecule is C=C/C=C\CCC(C/C=C\CC)CN=C(N=C(NC)c1cc(-c2ccccc2)c(-n2c3ccccc3c3ccc4c5ccccc5n(-c5ccccc5)c4c32)c(-c2ccccc2)c1)c1ccc2c(c1)oc1ccccc12. The van der Waals surface area contributed by atoms with Crippen LogP contribution in [0.5, 0.6) is 0 Å². The number of benzene rings is 9. The van der Waals surface area contributed by atoms with Crippen molar-refractivity contribution >= 4 is 77.2 Å². The molecule has 0 bridgehead atoms. The molecule has 6 nitrogen and oxygen atoms in total. The van der Waals surface area contributed by atoms with E-state index in [-0.39, 0.29) is 0 Å². The van der Waals surface area contributed by atoms with Crippen LogP contribution in [0.1, 0.15) is 43.7 Å². The zero-order valence-corrected chi connectivity index (χ0v) is 43.0. The highest BCUT2D eigenvalue weighted by atomic mass is 16.3. The first-order valence-electron chi connectivity index (χ1n) is 26.6. The van der Waals surface area contributed by atoms with E-state index in [2.05, 4.69) is 240 Å². The van der Waals surface area contributed by atoms with E-state index in [1.165, 1.54) is 21.5 Å². The van der Waals surface area contributed by atoms with Gasteiger partial charge in [0.05, 0.1) is 27.8 Å². The van der Waals surface area contributed by atoms with Gasteiger partial charge in [0.25, 0.3) is 0 Å². The quantitative estimate of drug-likeness (QED) is 0.0481. The lowest BCUT2D eigenvalue weighted by Crippen LogP contribution is -2.22. The summed E-state index contributed by atoms with van der Waals surface area (Å²) in [5.41, 5.74) is 14.6. The van der Waals surface area contributed by atoms with Crippen LogP contribution in [0.4, 0.5) is 0 Å². The number of hydrogen-bond donors (Lipinski definition) is 1. The Balaban J connectivity index is 1.13. The number of nitrogens with zero attached hydrogens (tertiary/aromatic N) is 4. The molecule has 1 atom stereocenters. The minimum absolute atomic E-state index is 0.308. The summed E-state index contributed by atoms with van der Waals surface area (Å²) in [4.78, 5) is 11.1. The summed E-state index contributed by atoms with van der Waals surface area (Å²) in [7, 11) is 1.97. The molecule has 76 heavy (non-hydrogen) atoms. The first-order chi connectivity index (χ1) is 37.6. The van der Waals surface area contributed by atoms with Crippen molar-refractivity contribution in [2.45, 2.75) is 32.6 Å². The minimum atomic E-state index is 0.308. The molecule has 0 aliphatic heterocycles. The predicted molar refractivity (Wildman–Crippen MR) is 323 cm³/mol. The molecule has 0 radical (unpaired) electrons. The molecule has 9 aromatic carbocycles. The maximum Gasteiger partial charge on any atom is 0.157 e. The number of nitrogens with one attached hydrogen (secondary N) is 1. The standard InChI is InChI=1S/C70H59N5O/c1-4-6-8-13-27-48(26-12-7-5-2)47-72-70(51-40-41-57-56-36-22-25-39-64(56)76-65(57)46-51)73-69(71-3)52-44-60(49-28-14-9-15-29-49)66(61(45-52)50-30-16-10-17-31-50)75-63-38-24-21-35-55(63)59-43-42-58-54-34-20-23-37-62(54)74(67(58)68(59)75)53-32-18-11-19-33-53/h4,6-12,14-25,28-46,48H,1,5,13,26-27,47H2,2-3H3,(H,71,72,73)/b8-6-,12-7-. The van der Waals surface area contributed by atoms with Gasteiger partial charge in [0.15, 0.2) is 5.84 Å². The lowest BCUT2D eigenvalue weighted by atomic mass is 9.92. The molecule has 0 fully saturated rings. The Labute approximate surface area is 444 Å². The summed E-state index contributed by atoms with van der Waals surface area (Å²) in [5.74, 6) is 1.65. The molecule has 0 saturated carbocycles. The highest BCUT2D eigenvalue weighted by Gasteiger charge is 2.26. The summed E-state index contributed by atoms with van der Waals surface area (Å²) in [5, 5.41) is 10.5. The topological polar surface area (TPSA) is 59.8 Å². The van der Waals surface area contributed by atoms with Gasteiger partial charge < -0.3 is 18.9 Å². The Bertz CT molecular complexity index is 4150. The summed E-state index contributed by atoms with van der Waals surface area (Å²) in [6, 6.07) is 74.0. The van der Waals surface area contributed by atoms with Crippen LogP contribution in [0.25, 0.3) is 99.2 Å². The Morgan fingerprint density at radius 1 is 0.566 bits per heavy atom. The Morgan fingerprint density at radius 2 is 1.13 bits per heavy atom. The lowest BCUT2D eigenvalue weighted by Gasteiger charge is -2.22. The van der Waals surface area contributed by atoms with Crippen LogP contribution < -0.4 is 5.32 Å². The molecule has 0 saturated heterocycles. The number of rotatable bonds is 15. The lowest BCUT2D eigenvalue weighted by molar-refractivity contribution is 0.508. The van der Waals surface area contributed by atoms with Gasteiger partial charge in [0, 0.05) is 73.9 Å². The first kappa shape index (κ1) is 47.7. The third kappa shape index (κ3) is 8.92. The smallest absolute Gasteiger partial charge is 0.157 e. The fourth-order valence-corrected chi connectivity index (χ4v) is 11.2. The molecule has 3 aromatic heterocycles. The van der Waals surface area contributed by atoms with Crippen molar-refractivity contribution in [3.05, 3.63) is 254 Å². The zero-order chi connectivity index (χ0) is 51.4. The summed E-state index contributed by atoms with van der Waals surface area (Å²) < 4.78 is 11.5. The molecule has 12 rings (SSSR count). The number of furan rings is 1. The van der Waals surface area contributed by atoms with Gasteiger partial charge in [0.2, 0.25) is 0 Å². The van der Waals surface area contributed by atoms with Gasteiger partial charge in [-0.05, 0) is 97.3 Å². The van der Waals surface area contributed by atoms with E-state index in [1.54, 1.807) is 0 Å². The van der Waals surface area contributed by atoms with Gasteiger partial charge in [-0.1, -0.05) is 196 Å². The third-order valence-electron chi connectivity index (χ3n) is 14.7. The average Bonchev–Trinajstić information content (AvgIpc) is 4.19. The third-order valence-corrected chi connectivity index (χ3v) is 14.7. The number of para-hydroxylation sites is 4. The molecule has 0 aliphatic carbocycles. The van der Waals surface area contributed by atoms with E-state index >= 15 is 0 Å². The molecule has 0 spiro atoms. The van der Waals surface area contributed by atoms with E-state index in [9.17, 15) is 0 Å². The second kappa shape index (κ2) is 21.3. The van der Waals surface area contributed by atoms with Crippen molar-refractivity contribution in [2.24, 2.45) is 15.9 Å². The molecular weight excluding hydrogens is 927 g/mol. The van der Waals surface area contributed by atoms with Gasteiger partial charge in [-0.25, -0.2) is 4.99 Å². The highest BCUT2D eigenvalue weighted by Crippen LogP contribution is 2.46. The van der Waals surface area contributed by atoms with Crippen molar-refractivity contribution in [3.63, 3.8) is 0 Å². The highest BCUT2D eigenvalue weighted by molar-refractivity contribution is 6.24. The van der Waals surface area contributed by atoms with Crippen molar-refractivity contribution in [1.29, 1.82) is 0 Å². The first-order valence-corrected chi connectivity index (χ1v) is 26.6. The Kier molecular flexibility index (Phi) is 13.4. The van der Waals surface area contributed by atoms with E-state index in [0.29, 0.717) is 24.1 Å². The fourth-order valence-electron chi connectivity index (χ4n) is 11.2. The molecule has 6 heteroatoms. The number of aromatic nitrogens is 2. The van der Waals surface area contributed by atoms with Crippen LogP contribution in [0.15, 0.2) is 258 Å². The van der Waals surface area contributed by atoms with Crippen LogP contribution >= 0.6 is 0 Å². The maximum absolute atomic E-state index is 6.49. The van der Waals surface area contributed by atoms with E-state index in [1.807, 2.05) is 31.3 Å². The van der Waals surface area contributed by atoms with Crippen molar-refractivity contribution in [1.82, 2.24) is 14.5 Å². The zero-order valence-electron chi connectivity index (χ0n) is 43.0. The van der Waals surface area contributed by atoms with Crippen LogP contribution in [-0.4, -0.2) is 34.4 Å². The van der Waals surface area contributed by atoms with Gasteiger partial charge >= 0.3 is 0 Å². The summed E-state index contributed by atoms with van der Waals surface area (Å²) >= 11 is 0. The molecular formula is C70H59N5O. The minimum Gasteiger partial charge on any atom is -0.456 e. The van der Waals surface area contributed by atoms with Crippen molar-refractivity contribution in [3.8, 4) is 33.6 Å². The van der Waals surface area contributed by atoms with Crippen molar-refractivity contribution < 1.29 is 4.42 Å². The molecule has 0 amide bonds. The fraction of sp³-hybridized carbons (Fsp3) is 0.114. The van der Waals surface area contributed by atoms with Gasteiger partial charge in [0.1, 0.15) is 17.0 Å².